The van der Waals surface area contributed by atoms with E-state index >= 15 is 0 Å². The third-order valence-corrected chi connectivity index (χ3v) is 3.54. The fourth-order valence-electron chi connectivity index (χ4n) is 2.00. The minimum atomic E-state index is 0.205. The lowest BCUT2D eigenvalue weighted by Gasteiger charge is -2.32. The summed E-state index contributed by atoms with van der Waals surface area (Å²) in [6.07, 6.45) is 3.40. The topological polar surface area (TPSA) is 66.9 Å². The lowest BCUT2D eigenvalue weighted by atomic mass is 10.3. The molecule has 0 aliphatic carbocycles. The Hall–Kier alpha value is -1.21. The van der Waals surface area contributed by atoms with Crippen LogP contribution in [0.5, 0.6) is 0 Å². The van der Waals surface area contributed by atoms with Gasteiger partial charge < -0.3 is 14.6 Å². The molecule has 2 aromatic rings. The number of nitrogens with zero attached hydrogens (tertiary/aromatic N) is 4. The predicted octanol–water partition coefficient (Wildman–Crippen LogP) is 0.953. The van der Waals surface area contributed by atoms with Crippen LogP contribution in [0, 0.1) is 0 Å². The van der Waals surface area contributed by atoms with E-state index in [-0.39, 0.29) is 6.10 Å². The third kappa shape index (κ3) is 2.00. The highest BCUT2D eigenvalue weighted by Crippen LogP contribution is 2.22. The van der Waals surface area contributed by atoms with E-state index in [1.165, 1.54) is 0 Å². The van der Waals surface area contributed by atoms with Gasteiger partial charge in [0, 0.05) is 18.4 Å². The number of nitrogens with one attached hydrogen (secondary N) is 1. The molecule has 1 aliphatic heterocycles. The number of anilines is 1. The van der Waals surface area contributed by atoms with Gasteiger partial charge in [0.15, 0.2) is 11.5 Å². The summed E-state index contributed by atoms with van der Waals surface area (Å²) in [6, 6.07) is 0. The second kappa shape index (κ2) is 4.58. The van der Waals surface area contributed by atoms with Gasteiger partial charge in [0.25, 0.3) is 0 Å². The van der Waals surface area contributed by atoms with E-state index in [9.17, 15) is 0 Å². The van der Waals surface area contributed by atoms with Gasteiger partial charge in [-0.15, -0.1) is 0 Å². The fraction of sp³-hybridized carbons (Fsp3) is 0.500. The first kappa shape index (κ1) is 10.9. The maximum atomic E-state index is 5.61. The average molecular weight is 298 g/mol. The number of halogens is 1. The summed E-state index contributed by atoms with van der Waals surface area (Å²) >= 11 is 3.45. The zero-order chi connectivity index (χ0) is 11.7. The van der Waals surface area contributed by atoms with Crippen molar-refractivity contribution in [1.29, 1.82) is 0 Å². The van der Waals surface area contributed by atoms with Crippen LogP contribution in [0.15, 0.2) is 12.7 Å². The third-order valence-electron chi connectivity index (χ3n) is 2.81. The zero-order valence-electron chi connectivity index (χ0n) is 9.14. The molecule has 1 N–H and O–H groups in total. The molecule has 1 saturated heterocycles. The van der Waals surface area contributed by atoms with Crippen LogP contribution in [0.3, 0.4) is 0 Å². The van der Waals surface area contributed by atoms with Gasteiger partial charge in [-0.25, -0.2) is 15.0 Å². The van der Waals surface area contributed by atoms with Crippen molar-refractivity contribution in [3.05, 3.63) is 12.7 Å². The summed E-state index contributed by atoms with van der Waals surface area (Å²) < 4.78 is 5.61. The Balaban J connectivity index is 1.94. The molecule has 1 atom stereocenters. The number of H-pyrrole nitrogens is 1. The van der Waals surface area contributed by atoms with E-state index < -0.39 is 0 Å². The molecule has 0 amide bonds. The van der Waals surface area contributed by atoms with Gasteiger partial charge in [0.1, 0.15) is 11.8 Å². The molecule has 0 saturated carbocycles. The minimum Gasteiger partial charge on any atom is -0.374 e. The van der Waals surface area contributed by atoms with Gasteiger partial charge in [-0.1, -0.05) is 15.9 Å². The number of imidazole rings is 1. The van der Waals surface area contributed by atoms with E-state index in [1.807, 2.05) is 0 Å². The van der Waals surface area contributed by atoms with Crippen LogP contribution in [-0.4, -0.2) is 51.1 Å². The van der Waals surface area contributed by atoms with Gasteiger partial charge >= 0.3 is 0 Å². The summed E-state index contributed by atoms with van der Waals surface area (Å²) in [4.78, 5) is 17.9. The Labute approximate surface area is 107 Å². The normalized spacial score (nSPS) is 21.0. The molecule has 2 aromatic heterocycles. The number of hydrogen-bond donors (Lipinski definition) is 1. The van der Waals surface area contributed by atoms with E-state index in [4.69, 9.17) is 4.74 Å². The van der Waals surface area contributed by atoms with Crippen molar-refractivity contribution in [2.24, 2.45) is 0 Å². The molecule has 0 radical (unpaired) electrons. The Morgan fingerprint density at radius 2 is 2.41 bits per heavy atom. The van der Waals surface area contributed by atoms with Crippen molar-refractivity contribution < 1.29 is 4.74 Å². The molecule has 1 fully saturated rings. The molecule has 1 unspecified atom stereocenters. The Morgan fingerprint density at radius 3 is 3.29 bits per heavy atom. The van der Waals surface area contributed by atoms with E-state index in [0.29, 0.717) is 5.65 Å². The molecule has 7 heteroatoms. The number of aromatic amines is 1. The number of rotatable bonds is 2. The monoisotopic (exact) mass is 297 g/mol. The summed E-state index contributed by atoms with van der Waals surface area (Å²) in [7, 11) is 0. The predicted molar refractivity (Wildman–Crippen MR) is 67.4 cm³/mol. The van der Waals surface area contributed by atoms with Crippen molar-refractivity contribution in [2.75, 3.05) is 29.9 Å². The highest BCUT2D eigenvalue weighted by molar-refractivity contribution is 9.09. The highest BCUT2D eigenvalue weighted by Gasteiger charge is 2.22. The number of fused-ring (bicyclic) bond motifs is 1. The van der Waals surface area contributed by atoms with Crippen molar-refractivity contribution in [1.82, 2.24) is 19.9 Å². The Morgan fingerprint density at radius 1 is 1.47 bits per heavy atom. The van der Waals surface area contributed by atoms with Gasteiger partial charge in [0.2, 0.25) is 0 Å². The van der Waals surface area contributed by atoms with Crippen molar-refractivity contribution in [3.63, 3.8) is 0 Å². The molecule has 6 nitrogen and oxygen atoms in total. The van der Waals surface area contributed by atoms with Crippen LogP contribution in [0.4, 0.5) is 5.82 Å². The lowest BCUT2D eigenvalue weighted by Crippen LogP contribution is -2.43. The van der Waals surface area contributed by atoms with Gasteiger partial charge in [-0.2, -0.15) is 0 Å². The molecule has 0 spiro atoms. The smallest absolute Gasteiger partial charge is 0.182 e. The van der Waals surface area contributed by atoms with Crippen LogP contribution in [0.1, 0.15) is 0 Å². The van der Waals surface area contributed by atoms with Crippen LogP contribution in [0.2, 0.25) is 0 Å². The average Bonchev–Trinajstić information content (AvgIpc) is 2.87. The number of ether oxygens (including phenoxy) is 1. The summed E-state index contributed by atoms with van der Waals surface area (Å²) in [5.74, 6) is 0.904. The van der Waals surface area contributed by atoms with Crippen LogP contribution in [0.25, 0.3) is 11.2 Å². The van der Waals surface area contributed by atoms with E-state index in [0.717, 1.165) is 36.4 Å². The molecule has 17 heavy (non-hydrogen) atoms. The van der Waals surface area contributed by atoms with Crippen LogP contribution in [-0.2, 0) is 4.74 Å². The van der Waals surface area contributed by atoms with Crippen molar-refractivity contribution >= 4 is 32.9 Å². The van der Waals surface area contributed by atoms with Crippen LogP contribution >= 0.6 is 15.9 Å². The maximum Gasteiger partial charge on any atom is 0.182 e. The molecule has 3 heterocycles. The summed E-state index contributed by atoms with van der Waals surface area (Å²) in [5, 5.41) is 0.834. The van der Waals surface area contributed by atoms with E-state index in [2.05, 4.69) is 40.8 Å². The second-order valence-electron chi connectivity index (χ2n) is 3.89. The Bertz CT molecular complexity index is 516. The van der Waals surface area contributed by atoms with E-state index in [1.54, 1.807) is 12.7 Å². The quantitative estimate of drug-likeness (QED) is 0.836. The first-order valence-corrected chi connectivity index (χ1v) is 6.57. The second-order valence-corrected chi connectivity index (χ2v) is 4.54. The largest absolute Gasteiger partial charge is 0.374 e. The molecule has 1 aliphatic rings. The molecule has 3 rings (SSSR count). The lowest BCUT2D eigenvalue weighted by molar-refractivity contribution is 0.0569. The van der Waals surface area contributed by atoms with Crippen molar-refractivity contribution in [2.45, 2.75) is 6.10 Å². The first-order chi connectivity index (χ1) is 8.38. The standard InChI is InChI=1S/C10H12BrN5O/c11-3-7-4-16(1-2-17-7)10-8-9(13-5-12-8)14-6-15-10/h5-7H,1-4H2,(H,12,13,14,15). The minimum absolute atomic E-state index is 0.205. The molecule has 90 valence electrons. The Kier molecular flexibility index (Phi) is 2.94. The zero-order valence-corrected chi connectivity index (χ0v) is 10.7. The molecular formula is C10H12BrN5O. The first-order valence-electron chi connectivity index (χ1n) is 5.45. The highest BCUT2D eigenvalue weighted by atomic mass is 79.9. The van der Waals surface area contributed by atoms with Gasteiger partial charge in [0.05, 0.1) is 19.0 Å². The number of hydrogen-bond acceptors (Lipinski definition) is 5. The number of alkyl halides is 1. The van der Waals surface area contributed by atoms with Crippen LogP contribution < -0.4 is 4.90 Å². The molecular weight excluding hydrogens is 286 g/mol. The SMILES string of the molecule is BrCC1CN(c2ncnc3nc[nH]c23)CCO1. The molecule has 0 bridgehead atoms. The number of morpholine rings is 1. The number of aromatic nitrogens is 4. The van der Waals surface area contributed by atoms with Gasteiger partial charge in [-0.3, -0.25) is 0 Å². The maximum absolute atomic E-state index is 5.61. The summed E-state index contributed by atoms with van der Waals surface area (Å²) in [5.41, 5.74) is 1.60. The van der Waals surface area contributed by atoms with Gasteiger partial charge in [-0.05, 0) is 0 Å². The summed E-state index contributed by atoms with van der Waals surface area (Å²) in [6.45, 7) is 2.39. The fourth-order valence-corrected chi connectivity index (χ4v) is 2.39. The molecule has 0 aromatic carbocycles. The van der Waals surface area contributed by atoms with Crippen molar-refractivity contribution in [3.8, 4) is 0 Å².